The molecular formula is C15H20F3NS. The predicted molar refractivity (Wildman–Crippen MR) is 79.3 cm³/mol. The third-order valence-corrected chi connectivity index (χ3v) is 5.45. The van der Waals surface area contributed by atoms with Gasteiger partial charge in [-0.1, -0.05) is 31.4 Å². The van der Waals surface area contributed by atoms with Crippen molar-refractivity contribution in [3.05, 3.63) is 29.8 Å². The van der Waals surface area contributed by atoms with Gasteiger partial charge in [-0.15, -0.1) is 0 Å². The Bertz CT molecular complexity index is 439. The van der Waals surface area contributed by atoms with Gasteiger partial charge in [0.05, 0.1) is 5.56 Å². The molecule has 1 nitrogen and oxygen atoms in total. The van der Waals surface area contributed by atoms with Crippen molar-refractivity contribution in [2.45, 2.75) is 43.0 Å². The van der Waals surface area contributed by atoms with Crippen LogP contribution in [0.2, 0.25) is 0 Å². The van der Waals surface area contributed by atoms with Crippen LogP contribution in [-0.2, 0) is 6.18 Å². The molecule has 0 bridgehead atoms. The molecule has 0 aliphatic heterocycles. The summed E-state index contributed by atoms with van der Waals surface area (Å²) in [6.07, 6.45) is 3.49. The minimum absolute atomic E-state index is 0.0803. The first kappa shape index (κ1) is 15.5. The largest absolute Gasteiger partial charge is 0.418 e. The summed E-state index contributed by atoms with van der Waals surface area (Å²) in [5, 5.41) is 3.04. The summed E-state index contributed by atoms with van der Waals surface area (Å²) in [7, 11) is 0. The van der Waals surface area contributed by atoms with E-state index < -0.39 is 11.7 Å². The van der Waals surface area contributed by atoms with E-state index in [1.54, 1.807) is 17.8 Å². The summed E-state index contributed by atoms with van der Waals surface area (Å²) in [6, 6.07) is 5.72. The Morgan fingerprint density at radius 2 is 1.80 bits per heavy atom. The van der Waals surface area contributed by atoms with Gasteiger partial charge in [0.25, 0.3) is 0 Å². The van der Waals surface area contributed by atoms with Gasteiger partial charge < -0.3 is 5.32 Å². The van der Waals surface area contributed by atoms with Crippen molar-refractivity contribution >= 4 is 17.4 Å². The lowest BCUT2D eigenvalue weighted by atomic mass is 9.88. The summed E-state index contributed by atoms with van der Waals surface area (Å²) < 4.78 is 38.9. The Labute approximate surface area is 122 Å². The average Bonchev–Trinajstić information content (AvgIpc) is 2.45. The van der Waals surface area contributed by atoms with Crippen LogP contribution < -0.4 is 5.32 Å². The molecule has 0 aromatic heterocycles. The fraction of sp³-hybridized carbons (Fsp3) is 0.600. The number of hydrogen-bond donors (Lipinski definition) is 1. The van der Waals surface area contributed by atoms with E-state index in [2.05, 4.69) is 11.6 Å². The van der Waals surface area contributed by atoms with Crippen molar-refractivity contribution in [1.82, 2.24) is 0 Å². The van der Waals surface area contributed by atoms with Crippen molar-refractivity contribution in [1.29, 1.82) is 0 Å². The zero-order chi connectivity index (χ0) is 14.6. The maximum Gasteiger partial charge on any atom is 0.418 e. The van der Waals surface area contributed by atoms with Crippen LogP contribution in [0.25, 0.3) is 0 Å². The van der Waals surface area contributed by atoms with Gasteiger partial charge in [0.15, 0.2) is 0 Å². The molecule has 0 unspecified atom stereocenters. The quantitative estimate of drug-likeness (QED) is 0.822. The number of rotatable bonds is 4. The van der Waals surface area contributed by atoms with Gasteiger partial charge in [0.2, 0.25) is 0 Å². The first-order valence-corrected chi connectivity index (χ1v) is 8.15. The fourth-order valence-corrected chi connectivity index (χ4v) is 3.70. The van der Waals surface area contributed by atoms with E-state index in [1.807, 2.05) is 0 Å². The third kappa shape index (κ3) is 3.62. The van der Waals surface area contributed by atoms with E-state index in [4.69, 9.17) is 0 Å². The van der Waals surface area contributed by atoms with Crippen LogP contribution in [0.15, 0.2) is 24.3 Å². The van der Waals surface area contributed by atoms with E-state index >= 15 is 0 Å². The van der Waals surface area contributed by atoms with Crippen LogP contribution in [0, 0.1) is 0 Å². The van der Waals surface area contributed by atoms with Crippen LogP contribution in [0.3, 0.4) is 0 Å². The van der Waals surface area contributed by atoms with E-state index in [-0.39, 0.29) is 10.4 Å². The lowest BCUT2D eigenvalue weighted by Gasteiger charge is -2.36. The molecule has 0 spiro atoms. The normalized spacial score (nSPS) is 18.8. The van der Waals surface area contributed by atoms with Crippen LogP contribution in [0.1, 0.15) is 37.7 Å². The number of halogens is 3. The van der Waals surface area contributed by atoms with Gasteiger partial charge in [-0.2, -0.15) is 24.9 Å². The Morgan fingerprint density at radius 3 is 2.40 bits per heavy atom. The summed E-state index contributed by atoms with van der Waals surface area (Å²) >= 11 is 1.78. The van der Waals surface area contributed by atoms with Gasteiger partial charge in [0, 0.05) is 17.0 Å². The second-order valence-corrected chi connectivity index (χ2v) is 6.62. The molecule has 5 heteroatoms. The highest BCUT2D eigenvalue weighted by Crippen LogP contribution is 2.40. The van der Waals surface area contributed by atoms with Gasteiger partial charge in [-0.25, -0.2) is 0 Å². The Hall–Kier alpha value is -0.840. The Morgan fingerprint density at radius 1 is 1.15 bits per heavy atom. The zero-order valence-corrected chi connectivity index (χ0v) is 12.4. The van der Waals surface area contributed by atoms with E-state index in [9.17, 15) is 13.2 Å². The fourth-order valence-electron chi connectivity index (χ4n) is 2.79. The Kier molecular flexibility index (Phi) is 4.89. The van der Waals surface area contributed by atoms with E-state index in [0.29, 0.717) is 6.54 Å². The van der Waals surface area contributed by atoms with Gasteiger partial charge >= 0.3 is 6.18 Å². The predicted octanol–water partition coefficient (Wildman–Crippen LogP) is 5.18. The zero-order valence-electron chi connectivity index (χ0n) is 11.6. The monoisotopic (exact) mass is 303 g/mol. The van der Waals surface area contributed by atoms with Crippen LogP contribution >= 0.6 is 11.8 Å². The molecule has 112 valence electrons. The molecule has 1 aromatic rings. The lowest BCUT2D eigenvalue weighted by Crippen LogP contribution is -2.35. The molecule has 0 amide bonds. The molecule has 0 heterocycles. The van der Waals surface area contributed by atoms with E-state index in [1.165, 1.54) is 31.4 Å². The van der Waals surface area contributed by atoms with Crippen molar-refractivity contribution in [3.8, 4) is 0 Å². The van der Waals surface area contributed by atoms with Gasteiger partial charge in [0.1, 0.15) is 0 Å². The molecule has 1 fully saturated rings. The van der Waals surface area contributed by atoms with Crippen LogP contribution in [0.5, 0.6) is 0 Å². The number of para-hydroxylation sites is 1. The maximum absolute atomic E-state index is 12.9. The number of thioether (sulfide) groups is 1. The molecule has 2 rings (SSSR count). The molecular weight excluding hydrogens is 283 g/mol. The van der Waals surface area contributed by atoms with Gasteiger partial charge in [-0.05, 0) is 31.2 Å². The topological polar surface area (TPSA) is 12.0 Å². The molecule has 1 aromatic carbocycles. The number of anilines is 1. The number of benzene rings is 1. The van der Waals surface area contributed by atoms with E-state index in [0.717, 1.165) is 18.9 Å². The van der Waals surface area contributed by atoms with Gasteiger partial charge in [-0.3, -0.25) is 0 Å². The van der Waals surface area contributed by atoms with Crippen molar-refractivity contribution in [2.24, 2.45) is 0 Å². The highest BCUT2D eigenvalue weighted by molar-refractivity contribution is 8.00. The second kappa shape index (κ2) is 6.29. The smallest absolute Gasteiger partial charge is 0.383 e. The minimum Gasteiger partial charge on any atom is -0.383 e. The standard InChI is InChI=1S/C15H20F3NS/c1-20-14(9-5-2-6-10-14)11-19-13-8-4-3-7-12(13)15(16,17)18/h3-4,7-8,19H,2,5-6,9-11H2,1H3. The first-order valence-electron chi connectivity index (χ1n) is 6.92. The summed E-state index contributed by atoms with van der Waals surface area (Å²) in [4.78, 5) is 0. The molecule has 1 saturated carbocycles. The number of hydrogen-bond acceptors (Lipinski definition) is 2. The maximum atomic E-state index is 12.9. The van der Waals surface area contributed by atoms with Crippen molar-refractivity contribution in [2.75, 3.05) is 18.1 Å². The molecule has 1 aliphatic carbocycles. The third-order valence-electron chi connectivity index (χ3n) is 4.03. The molecule has 0 saturated heterocycles. The molecule has 20 heavy (non-hydrogen) atoms. The highest BCUT2D eigenvalue weighted by atomic mass is 32.2. The minimum atomic E-state index is -4.30. The summed E-state index contributed by atoms with van der Waals surface area (Å²) in [5.41, 5.74) is -0.383. The molecule has 0 atom stereocenters. The molecule has 1 aliphatic rings. The second-order valence-electron chi connectivity index (χ2n) is 5.34. The number of nitrogens with one attached hydrogen (secondary N) is 1. The van der Waals surface area contributed by atoms with Crippen LogP contribution in [0.4, 0.5) is 18.9 Å². The lowest BCUT2D eigenvalue weighted by molar-refractivity contribution is -0.136. The average molecular weight is 303 g/mol. The Balaban J connectivity index is 2.10. The highest BCUT2D eigenvalue weighted by Gasteiger charge is 2.35. The molecule has 0 radical (unpaired) electrons. The summed E-state index contributed by atoms with van der Waals surface area (Å²) in [6.45, 7) is 0.598. The van der Waals surface area contributed by atoms with Crippen molar-refractivity contribution < 1.29 is 13.2 Å². The number of alkyl halides is 3. The molecule has 1 N–H and O–H groups in total. The van der Waals surface area contributed by atoms with Crippen LogP contribution in [-0.4, -0.2) is 17.5 Å². The van der Waals surface area contributed by atoms with Crippen molar-refractivity contribution in [3.63, 3.8) is 0 Å². The SMILES string of the molecule is CSC1(CNc2ccccc2C(F)(F)F)CCCCC1. The first-order chi connectivity index (χ1) is 9.47. The summed E-state index contributed by atoms with van der Waals surface area (Å²) in [5.74, 6) is 0.